The van der Waals surface area contributed by atoms with Crippen LogP contribution in [0.2, 0.25) is 0 Å². The number of benzene rings is 1. The minimum absolute atomic E-state index is 0.0367. The summed E-state index contributed by atoms with van der Waals surface area (Å²) in [7, 11) is 0. The van der Waals surface area contributed by atoms with Crippen LogP contribution in [-0.2, 0) is 11.3 Å². The lowest BCUT2D eigenvalue weighted by Gasteiger charge is -2.44. The van der Waals surface area contributed by atoms with E-state index in [4.69, 9.17) is 21.7 Å². The molecule has 1 saturated heterocycles. The van der Waals surface area contributed by atoms with Crippen LogP contribution >= 0.6 is 12.2 Å². The van der Waals surface area contributed by atoms with Gasteiger partial charge in [0.15, 0.2) is 16.6 Å². The molecule has 0 spiro atoms. The largest absolute Gasteiger partial charge is 0.454 e. The predicted molar refractivity (Wildman–Crippen MR) is 104 cm³/mol. The van der Waals surface area contributed by atoms with Gasteiger partial charge in [0.25, 0.3) is 0 Å². The van der Waals surface area contributed by atoms with Crippen LogP contribution in [0.1, 0.15) is 45.6 Å². The maximum absolute atomic E-state index is 12.1. The maximum atomic E-state index is 12.1. The minimum atomic E-state index is 0.0367. The molecule has 1 aromatic rings. The second-order valence-corrected chi connectivity index (χ2v) is 8.02. The van der Waals surface area contributed by atoms with E-state index >= 15 is 0 Å². The number of rotatable bonds is 6. The molecule has 2 aliphatic rings. The third kappa shape index (κ3) is 4.58. The van der Waals surface area contributed by atoms with Gasteiger partial charge in [0.1, 0.15) is 0 Å². The third-order valence-corrected chi connectivity index (χ3v) is 5.11. The number of carbonyl (C=O) groups is 1. The Bertz CT molecular complexity index is 693. The standard InChI is InChI=1S/C19H27N3O3S/c1-13-10-19(2,3)21-18(26)22(13)8-4-5-17(23)20-11-14-6-7-15-16(9-14)25-12-24-15/h6-7,9,13H,4-5,8,10-12H2,1-3H3,(H,20,23)(H,21,26). The summed E-state index contributed by atoms with van der Waals surface area (Å²) in [5.74, 6) is 1.54. The molecule has 0 aliphatic carbocycles. The van der Waals surface area contributed by atoms with Gasteiger partial charge in [-0.3, -0.25) is 4.79 Å². The number of nitrogens with zero attached hydrogens (tertiary/aromatic N) is 1. The first kappa shape index (κ1) is 18.8. The molecule has 0 aromatic heterocycles. The number of ether oxygens (including phenoxy) is 2. The molecule has 3 rings (SSSR count). The molecule has 0 saturated carbocycles. The zero-order chi connectivity index (χ0) is 18.7. The van der Waals surface area contributed by atoms with Crippen molar-refractivity contribution in [3.63, 3.8) is 0 Å². The molecule has 1 atom stereocenters. The Balaban J connectivity index is 1.40. The van der Waals surface area contributed by atoms with Crippen LogP contribution in [0.5, 0.6) is 11.5 Å². The Kier molecular flexibility index (Phi) is 5.55. The average Bonchev–Trinajstić information content (AvgIpc) is 3.02. The van der Waals surface area contributed by atoms with Gasteiger partial charge < -0.3 is 25.0 Å². The van der Waals surface area contributed by atoms with E-state index in [1.165, 1.54) is 0 Å². The fourth-order valence-electron chi connectivity index (χ4n) is 3.53. The van der Waals surface area contributed by atoms with Crippen molar-refractivity contribution < 1.29 is 14.3 Å². The number of hydrogen-bond acceptors (Lipinski definition) is 4. The molecule has 1 unspecified atom stereocenters. The Morgan fingerprint density at radius 3 is 2.92 bits per heavy atom. The van der Waals surface area contributed by atoms with Gasteiger partial charge in [-0.25, -0.2) is 0 Å². The van der Waals surface area contributed by atoms with Gasteiger partial charge in [-0.15, -0.1) is 0 Å². The highest BCUT2D eigenvalue weighted by molar-refractivity contribution is 7.80. The number of fused-ring (bicyclic) bond motifs is 1. The number of carbonyl (C=O) groups excluding carboxylic acids is 1. The molecule has 2 aliphatic heterocycles. The monoisotopic (exact) mass is 377 g/mol. The Morgan fingerprint density at radius 2 is 2.15 bits per heavy atom. The molecule has 1 aromatic carbocycles. The van der Waals surface area contributed by atoms with Crippen molar-refractivity contribution in [2.75, 3.05) is 13.3 Å². The van der Waals surface area contributed by atoms with Crippen LogP contribution in [0.4, 0.5) is 0 Å². The molecule has 6 nitrogen and oxygen atoms in total. The molecule has 142 valence electrons. The van der Waals surface area contributed by atoms with Crippen molar-refractivity contribution in [1.29, 1.82) is 0 Å². The minimum Gasteiger partial charge on any atom is -0.454 e. The zero-order valence-electron chi connectivity index (χ0n) is 15.6. The second-order valence-electron chi connectivity index (χ2n) is 7.63. The molecule has 1 amide bonds. The van der Waals surface area contributed by atoms with Gasteiger partial charge in [0.05, 0.1) is 0 Å². The van der Waals surface area contributed by atoms with E-state index in [0.29, 0.717) is 19.0 Å². The lowest BCUT2D eigenvalue weighted by molar-refractivity contribution is -0.121. The molecule has 26 heavy (non-hydrogen) atoms. The highest BCUT2D eigenvalue weighted by atomic mass is 32.1. The van der Waals surface area contributed by atoms with Crippen LogP contribution < -0.4 is 20.1 Å². The van der Waals surface area contributed by atoms with Gasteiger partial charge in [-0.1, -0.05) is 6.07 Å². The summed E-state index contributed by atoms with van der Waals surface area (Å²) in [5.41, 5.74) is 1.04. The van der Waals surface area contributed by atoms with E-state index < -0.39 is 0 Å². The van der Waals surface area contributed by atoms with Gasteiger partial charge >= 0.3 is 0 Å². The summed E-state index contributed by atoms with van der Waals surface area (Å²) in [6.07, 6.45) is 2.29. The lowest BCUT2D eigenvalue weighted by Crippen LogP contribution is -2.60. The zero-order valence-corrected chi connectivity index (χ0v) is 16.4. The van der Waals surface area contributed by atoms with E-state index in [1.807, 2.05) is 18.2 Å². The Morgan fingerprint density at radius 1 is 1.38 bits per heavy atom. The SMILES string of the molecule is CC1CC(C)(C)NC(=S)N1CCCC(=O)NCc1ccc2c(c1)OCO2. The summed E-state index contributed by atoms with van der Waals surface area (Å²) >= 11 is 5.48. The number of hydrogen-bond donors (Lipinski definition) is 2. The summed E-state index contributed by atoms with van der Waals surface area (Å²) < 4.78 is 10.6. The molecule has 7 heteroatoms. The number of amides is 1. The first-order chi connectivity index (χ1) is 12.3. The highest BCUT2D eigenvalue weighted by Crippen LogP contribution is 2.32. The molecular formula is C19H27N3O3S. The van der Waals surface area contributed by atoms with E-state index in [9.17, 15) is 4.79 Å². The fraction of sp³-hybridized carbons (Fsp3) is 0.579. The van der Waals surface area contributed by atoms with Crippen LogP contribution in [0.15, 0.2) is 18.2 Å². The quantitative estimate of drug-likeness (QED) is 0.743. The normalized spacial score (nSPS) is 20.7. The molecule has 1 fully saturated rings. The van der Waals surface area contributed by atoms with Crippen molar-refractivity contribution in [2.45, 2.75) is 58.2 Å². The average molecular weight is 378 g/mol. The van der Waals surface area contributed by atoms with Crippen molar-refractivity contribution in [1.82, 2.24) is 15.5 Å². The molecular weight excluding hydrogens is 350 g/mol. The molecule has 0 radical (unpaired) electrons. The third-order valence-electron chi connectivity index (χ3n) is 4.77. The van der Waals surface area contributed by atoms with Crippen molar-refractivity contribution in [3.05, 3.63) is 23.8 Å². The van der Waals surface area contributed by atoms with Crippen molar-refractivity contribution in [3.8, 4) is 11.5 Å². The van der Waals surface area contributed by atoms with Gasteiger partial charge in [-0.2, -0.15) is 0 Å². The summed E-state index contributed by atoms with van der Waals surface area (Å²) in [6.45, 7) is 8.06. The maximum Gasteiger partial charge on any atom is 0.231 e. The van der Waals surface area contributed by atoms with Gasteiger partial charge in [-0.05, 0) is 63.5 Å². The molecule has 0 bridgehead atoms. The summed E-state index contributed by atoms with van der Waals surface area (Å²) in [4.78, 5) is 14.3. The predicted octanol–water partition coefficient (Wildman–Crippen LogP) is 2.56. The smallest absolute Gasteiger partial charge is 0.231 e. The van der Waals surface area contributed by atoms with Crippen molar-refractivity contribution in [2.24, 2.45) is 0 Å². The van der Waals surface area contributed by atoms with Crippen LogP contribution in [0, 0.1) is 0 Å². The topological polar surface area (TPSA) is 62.8 Å². The van der Waals surface area contributed by atoms with Gasteiger partial charge in [0, 0.05) is 31.1 Å². The summed E-state index contributed by atoms with van der Waals surface area (Å²) in [6, 6.07) is 6.10. The van der Waals surface area contributed by atoms with Crippen molar-refractivity contribution >= 4 is 23.2 Å². The molecule has 2 N–H and O–H groups in total. The van der Waals surface area contributed by atoms with Crippen LogP contribution in [0.3, 0.4) is 0 Å². The van der Waals surface area contributed by atoms with Crippen LogP contribution in [-0.4, -0.2) is 40.8 Å². The van der Waals surface area contributed by atoms with Gasteiger partial charge in [0.2, 0.25) is 12.7 Å². The van der Waals surface area contributed by atoms with E-state index in [-0.39, 0.29) is 18.2 Å². The fourth-order valence-corrected chi connectivity index (χ4v) is 4.08. The first-order valence-corrected chi connectivity index (χ1v) is 9.49. The summed E-state index contributed by atoms with van der Waals surface area (Å²) in [5, 5.41) is 7.12. The Labute approximate surface area is 160 Å². The Hall–Kier alpha value is -2.02. The van der Waals surface area contributed by atoms with E-state index in [2.05, 4.69) is 36.3 Å². The van der Waals surface area contributed by atoms with E-state index in [1.54, 1.807) is 0 Å². The van der Waals surface area contributed by atoms with Crippen LogP contribution in [0.25, 0.3) is 0 Å². The number of thiocarbonyl (C=S) groups is 1. The van der Waals surface area contributed by atoms with E-state index in [0.717, 1.165) is 41.6 Å². The number of nitrogens with one attached hydrogen (secondary N) is 2. The molecule has 2 heterocycles. The highest BCUT2D eigenvalue weighted by Gasteiger charge is 2.32. The second kappa shape index (κ2) is 7.70. The first-order valence-electron chi connectivity index (χ1n) is 9.08. The lowest BCUT2D eigenvalue weighted by atomic mass is 9.93.